The van der Waals surface area contributed by atoms with Crippen molar-refractivity contribution in [1.29, 1.82) is 5.26 Å². The number of benzene rings is 1. The number of carbonyl (C=O) groups excluding carboxylic acids is 2. The van der Waals surface area contributed by atoms with E-state index in [1.807, 2.05) is 6.07 Å². The van der Waals surface area contributed by atoms with Gasteiger partial charge in [-0.25, -0.2) is 4.39 Å². The molecule has 25 heavy (non-hydrogen) atoms. The Hall–Kier alpha value is -2.42. The first-order chi connectivity index (χ1) is 11.9. The van der Waals surface area contributed by atoms with Crippen LogP contribution in [-0.4, -0.2) is 36.5 Å². The number of carbonyl (C=O) groups is 2. The lowest BCUT2D eigenvalue weighted by Crippen LogP contribution is -2.42. The molecule has 0 bridgehead atoms. The average molecular weight is 346 g/mol. The van der Waals surface area contributed by atoms with Gasteiger partial charge < -0.3 is 9.64 Å². The quantitative estimate of drug-likeness (QED) is 0.743. The highest BCUT2D eigenvalue weighted by molar-refractivity contribution is 5.88. The summed E-state index contributed by atoms with van der Waals surface area (Å²) in [7, 11) is 1.58. The van der Waals surface area contributed by atoms with Gasteiger partial charge in [0.2, 0.25) is 0 Å². The van der Waals surface area contributed by atoms with Crippen molar-refractivity contribution in [3.63, 3.8) is 0 Å². The van der Waals surface area contributed by atoms with Gasteiger partial charge in [-0.15, -0.1) is 0 Å². The lowest BCUT2D eigenvalue weighted by molar-refractivity contribution is -0.163. The molecule has 1 fully saturated rings. The van der Waals surface area contributed by atoms with Crippen molar-refractivity contribution < 1.29 is 18.7 Å². The monoisotopic (exact) mass is 346 g/mol. The first kappa shape index (κ1) is 18.9. The fourth-order valence-corrected chi connectivity index (χ4v) is 3.32. The van der Waals surface area contributed by atoms with Crippen LogP contribution in [0.2, 0.25) is 0 Å². The molecule has 1 aliphatic rings. The summed E-state index contributed by atoms with van der Waals surface area (Å²) < 4.78 is 18.7. The van der Waals surface area contributed by atoms with Crippen LogP contribution in [0.5, 0.6) is 0 Å². The molecule has 1 amide bonds. The molecule has 5 nitrogen and oxygen atoms in total. The predicted molar refractivity (Wildman–Crippen MR) is 90.0 cm³/mol. The summed E-state index contributed by atoms with van der Waals surface area (Å²) >= 11 is 0. The minimum Gasteiger partial charge on any atom is -0.452 e. The summed E-state index contributed by atoms with van der Waals surface area (Å²) in [5.74, 6) is -1.13. The maximum Gasteiger partial charge on any atom is 0.317 e. The molecular formula is C19H23FN2O3. The van der Waals surface area contributed by atoms with Crippen molar-refractivity contribution in [2.45, 2.75) is 50.5 Å². The van der Waals surface area contributed by atoms with Crippen LogP contribution >= 0.6 is 0 Å². The maximum absolute atomic E-state index is 13.2. The van der Waals surface area contributed by atoms with Crippen molar-refractivity contribution in [1.82, 2.24) is 4.90 Å². The molecular weight excluding hydrogens is 323 g/mol. The van der Waals surface area contributed by atoms with Gasteiger partial charge in [0, 0.05) is 13.6 Å². The topological polar surface area (TPSA) is 70.4 Å². The Bertz CT molecular complexity index is 660. The van der Waals surface area contributed by atoms with E-state index in [9.17, 15) is 14.0 Å². The number of ether oxygens (including phenoxy) is 1. The standard InChI is InChI=1S/C19H23FN2O3/c1-14(17(23)22(2)13-5-12-21)25-18(24)19(10-3-4-11-19)15-6-8-16(20)9-7-15/h6-9,14H,3-5,10-11,13H2,1-2H3/t14-/m1/s1. The summed E-state index contributed by atoms with van der Waals surface area (Å²) in [5.41, 5.74) is -0.0816. The minimum atomic E-state index is -0.922. The van der Waals surface area contributed by atoms with Crippen molar-refractivity contribution >= 4 is 11.9 Å². The summed E-state index contributed by atoms with van der Waals surface area (Å²) in [5, 5.41) is 8.60. The molecule has 1 aliphatic carbocycles. The SMILES string of the molecule is C[C@@H](OC(=O)C1(c2ccc(F)cc2)CCCC1)C(=O)N(C)CCC#N. The van der Waals surface area contributed by atoms with Gasteiger partial charge in [0.1, 0.15) is 5.82 Å². The van der Waals surface area contributed by atoms with E-state index < -0.39 is 17.5 Å². The molecule has 2 rings (SSSR count). The van der Waals surface area contributed by atoms with Crippen molar-refractivity contribution in [3.8, 4) is 6.07 Å². The second kappa shape index (κ2) is 8.11. The number of likely N-dealkylation sites (N-methyl/N-ethyl adjacent to an activating group) is 1. The number of esters is 1. The van der Waals surface area contributed by atoms with Crippen LogP contribution < -0.4 is 0 Å². The molecule has 134 valence electrons. The molecule has 1 aromatic carbocycles. The van der Waals surface area contributed by atoms with E-state index in [-0.39, 0.29) is 18.1 Å². The molecule has 0 unspecified atom stereocenters. The van der Waals surface area contributed by atoms with Gasteiger partial charge >= 0.3 is 5.97 Å². The van der Waals surface area contributed by atoms with E-state index >= 15 is 0 Å². The largest absolute Gasteiger partial charge is 0.452 e. The minimum absolute atomic E-state index is 0.225. The van der Waals surface area contributed by atoms with E-state index in [0.717, 1.165) is 18.4 Å². The molecule has 0 saturated heterocycles. The number of amides is 1. The van der Waals surface area contributed by atoms with Gasteiger partial charge in [0.15, 0.2) is 6.10 Å². The highest BCUT2D eigenvalue weighted by Gasteiger charge is 2.45. The van der Waals surface area contributed by atoms with Gasteiger partial charge in [0.25, 0.3) is 5.91 Å². The number of hydrogen-bond donors (Lipinski definition) is 0. The summed E-state index contributed by atoms with van der Waals surface area (Å²) in [6, 6.07) is 7.90. The highest BCUT2D eigenvalue weighted by atomic mass is 19.1. The maximum atomic E-state index is 13.2. The molecule has 0 heterocycles. The Kier molecular flexibility index (Phi) is 6.13. The number of nitrogens with zero attached hydrogens (tertiary/aromatic N) is 2. The third-order valence-corrected chi connectivity index (χ3v) is 4.81. The second-order valence-corrected chi connectivity index (χ2v) is 6.51. The van der Waals surface area contributed by atoms with E-state index in [1.165, 1.54) is 24.0 Å². The zero-order valence-electron chi connectivity index (χ0n) is 14.6. The van der Waals surface area contributed by atoms with Gasteiger partial charge in [-0.1, -0.05) is 25.0 Å². The predicted octanol–water partition coefficient (Wildman–Crippen LogP) is 2.94. The van der Waals surface area contributed by atoms with Crippen molar-refractivity contribution in [2.24, 2.45) is 0 Å². The van der Waals surface area contributed by atoms with E-state index in [2.05, 4.69) is 0 Å². The van der Waals surface area contributed by atoms with Gasteiger partial charge in [0.05, 0.1) is 17.9 Å². The summed E-state index contributed by atoms with van der Waals surface area (Å²) in [6.45, 7) is 1.83. The fourth-order valence-electron chi connectivity index (χ4n) is 3.32. The number of rotatable bonds is 6. The lowest BCUT2D eigenvalue weighted by atomic mass is 9.79. The average Bonchev–Trinajstić information content (AvgIpc) is 3.10. The summed E-state index contributed by atoms with van der Waals surface area (Å²) in [4.78, 5) is 26.5. The molecule has 1 aromatic rings. The Morgan fingerprint density at radius 1 is 1.32 bits per heavy atom. The number of halogens is 1. The van der Waals surface area contributed by atoms with E-state index in [1.54, 1.807) is 19.2 Å². The van der Waals surface area contributed by atoms with Crippen LogP contribution in [0.1, 0.15) is 44.6 Å². The fraction of sp³-hybridized carbons (Fsp3) is 0.526. The smallest absolute Gasteiger partial charge is 0.317 e. The van der Waals surface area contributed by atoms with Gasteiger partial charge in [-0.05, 0) is 37.5 Å². The van der Waals surface area contributed by atoms with E-state index in [0.29, 0.717) is 19.4 Å². The lowest BCUT2D eigenvalue weighted by Gasteiger charge is -2.29. The molecule has 6 heteroatoms. The first-order valence-electron chi connectivity index (χ1n) is 8.50. The molecule has 0 aliphatic heterocycles. The van der Waals surface area contributed by atoms with Crippen LogP contribution in [0.15, 0.2) is 24.3 Å². The molecule has 1 atom stereocenters. The first-order valence-corrected chi connectivity index (χ1v) is 8.50. The molecule has 0 aromatic heterocycles. The van der Waals surface area contributed by atoms with Crippen LogP contribution in [0.3, 0.4) is 0 Å². The summed E-state index contributed by atoms with van der Waals surface area (Å²) in [6.07, 6.45) is 2.33. The molecule has 0 N–H and O–H groups in total. The zero-order chi connectivity index (χ0) is 18.4. The third-order valence-electron chi connectivity index (χ3n) is 4.81. The van der Waals surface area contributed by atoms with Gasteiger partial charge in [-0.3, -0.25) is 9.59 Å². The normalized spacial score (nSPS) is 16.7. The Morgan fingerprint density at radius 3 is 2.48 bits per heavy atom. The Labute approximate surface area is 147 Å². The van der Waals surface area contributed by atoms with E-state index in [4.69, 9.17) is 10.00 Å². The number of hydrogen-bond acceptors (Lipinski definition) is 4. The Morgan fingerprint density at radius 2 is 1.92 bits per heavy atom. The molecule has 0 spiro atoms. The molecule has 1 saturated carbocycles. The molecule has 0 radical (unpaired) electrons. The van der Waals surface area contributed by atoms with Crippen LogP contribution in [0.4, 0.5) is 4.39 Å². The van der Waals surface area contributed by atoms with Crippen LogP contribution in [0.25, 0.3) is 0 Å². The highest BCUT2D eigenvalue weighted by Crippen LogP contribution is 2.42. The zero-order valence-corrected chi connectivity index (χ0v) is 14.6. The third kappa shape index (κ3) is 4.16. The second-order valence-electron chi connectivity index (χ2n) is 6.51. The van der Waals surface area contributed by atoms with Crippen molar-refractivity contribution in [3.05, 3.63) is 35.6 Å². The Balaban J connectivity index is 2.12. The van der Waals surface area contributed by atoms with Crippen LogP contribution in [0, 0.1) is 17.1 Å². The van der Waals surface area contributed by atoms with Crippen molar-refractivity contribution in [2.75, 3.05) is 13.6 Å². The van der Waals surface area contributed by atoms with Gasteiger partial charge in [-0.2, -0.15) is 5.26 Å². The number of nitriles is 1. The van der Waals surface area contributed by atoms with Crippen LogP contribution in [-0.2, 0) is 19.7 Å².